The van der Waals surface area contributed by atoms with Crippen LogP contribution in [0.5, 0.6) is 5.75 Å². The second-order valence-electron chi connectivity index (χ2n) is 4.79. The number of nitrogens with zero attached hydrogens (tertiary/aromatic N) is 1. The number of methoxy groups -OCH3 is 1. The molecule has 17 heavy (non-hydrogen) atoms. The van der Waals surface area contributed by atoms with Crippen LogP contribution in [-0.2, 0) is 11.0 Å². The van der Waals surface area contributed by atoms with Crippen molar-refractivity contribution in [2.45, 2.75) is 32.4 Å². The third kappa shape index (κ3) is 3.66. The van der Waals surface area contributed by atoms with Crippen LogP contribution in [0, 0.1) is 6.92 Å². The average molecular weight is 253 g/mol. The molecule has 0 spiro atoms. The number of benzene rings is 1. The highest BCUT2D eigenvalue weighted by molar-refractivity contribution is 7.85. The van der Waals surface area contributed by atoms with Crippen LogP contribution in [0.15, 0.2) is 22.6 Å². The van der Waals surface area contributed by atoms with Gasteiger partial charge in [0.25, 0.3) is 0 Å². The highest BCUT2D eigenvalue weighted by atomic mass is 32.2. The van der Waals surface area contributed by atoms with Crippen molar-refractivity contribution in [3.8, 4) is 5.75 Å². The molecule has 1 aromatic carbocycles. The summed E-state index contributed by atoms with van der Waals surface area (Å²) in [5.74, 6) is 0.780. The molecule has 0 aromatic heterocycles. The van der Waals surface area contributed by atoms with Gasteiger partial charge in [-0.25, -0.2) is 4.21 Å². The molecule has 3 nitrogen and oxygen atoms in total. The lowest BCUT2D eigenvalue weighted by Gasteiger charge is -2.13. The first-order valence-corrected chi connectivity index (χ1v) is 6.56. The topological polar surface area (TPSA) is 38.7 Å². The van der Waals surface area contributed by atoms with Crippen molar-refractivity contribution in [1.29, 1.82) is 0 Å². The molecule has 0 bridgehead atoms. The van der Waals surface area contributed by atoms with Gasteiger partial charge in [0, 0.05) is 11.8 Å². The summed E-state index contributed by atoms with van der Waals surface area (Å²) in [6, 6.07) is 5.80. The molecule has 0 fully saturated rings. The lowest BCUT2D eigenvalue weighted by molar-refractivity contribution is 0.411. The molecule has 0 aliphatic carbocycles. The second-order valence-corrected chi connectivity index (χ2v) is 6.73. The van der Waals surface area contributed by atoms with Crippen LogP contribution >= 0.6 is 0 Å². The van der Waals surface area contributed by atoms with E-state index >= 15 is 0 Å². The molecule has 0 radical (unpaired) electrons. The molecule has 0 saturated heterocycles. The first-order valence-electron chi connectivity index (χ1n) is 5.46. The Balaban J connectivity index is 3.00. The third-order valence-electron chi connectivity index (χ3n) is 2.26. The molecule has 0 heterocycles. The molecule has 0 aliphatic rings. The predicted molar refractivity (Wildman–Crippen MR) is 73.2 cm³/mol. The Morgan fingerprint density at radius 1 is 1.35 bits per heavy atom. The summed E-state index contributed by atoms with van der Waals surface area (Å²) < 4.78 is 20.8. The SMILES string of the molecule is COc1c(C)cccc1C=N[S@](=O)C(C)(C)C. The Kier molecular flexibility index (Phi) is 4.46. The van der Waals surface area contributed by atoms with Gasteiger partial charge in [0.15, 0.2) is 0 Å². The minimum atomic E-state index is -1.24. The molecule has 0 aliphatic heterocycles. The summed E-state index contributed by atoms with van der Waals surface area (Å²) in [5, 5.41) is 0. The smallest absolute Gasteiger partial charge is 0.144 e. The lowest BCUT2D eigenvalue weighted by atomic mass is 10.1. The first-order chi connectivity index (χ1) is 7.86. The van der Waals surface area contributed by atoms with Crippen LogP contribution in [0.1, 0.15) is 31.9 Å². The predicted octanol–water partition coefficient (Wildman–Crippen LogP) is 2.88. The largest absolute Gasteiger partial charge is 0.496 e. The Bertz CT molecular complexity index is 447. The van der Waals surface area contributed by atoms with Crippen LogP contribution in [0.4, 0.5) is 0 Å². The average Bonchev–Trinajstić information content (AvgIpc) is 2.24. The van der Waals surface area contributed by atoms with Crippen LogP contribution in [0.25, 0.3) is 0 Å². The van der Waals surface area contributed by atoms with Gasteiger partial charge in [0.1, 0.15) is 16.7 Å². The summed E-state index contributed by atoms with van der Waals surface area (Å²) in [7, 11) is 0.385. The fourth-order valence-electron chi connectivity index (χ4n) is 1.32. The lowest BCUT2D eigenvalue weighted by Crippen LogP contribution is -2.19. The summed E-state index contributed by atoms with van der Waals surface area (Å²) in [4.78, 5) is 0. The zero-order valence-corrected chi connectivity index (χ0v) is 11.8. The van der Waals surface area contributed by atoms with Gasteiger partial charge >= 0.3 is 0 Å². The Morgan fingerprint density at radius 2 is 2.00 bits per heavy atom. The summed E-state index contributed by atoms with van der Waals surface area (Å²) in [6.45, 7) is 7.66. The van der Waals surface area contributed by atoms with Crippen LogP contribution in [-0.4, -0.2) is 22.3 Å². The van der Waals surface area contributed by atoms with Gasteiger partial charge in [-0.2, -0.15) is 4.40 Å². The minimum absolute atomic E-state index is 0.340. The van der Waals surface area contributed by atoms with Gasteiger partial charge in [-0.15, -0.1) is 0 Å². The molecular formula is C13H19NO2S. The highest BCUT2D eigenvalue weighted by Gasteiger charge is 2.18. The number of hydrogen-bond donors (Lipinski definition) is 0. The summed E-state index contributed by atoms with van der Waals surface area (Å²) >= 11 is 0. The highest BCUT2D eigenvalue weighted by Crippen LogP contribution is 2.21. The molecule has 0 N–H and O–H groups in total. The van der Waals surface area contributed by atoms with E-state index in [-0.39, 0.29) is 4.75 Å². The van der Waals surface area contributed by atoms with Crippen LogP contribution in [0.2, 0.25) is 0 Å². The van der Waals surface area contributed by atoms with Crippen LogP contribution in [0.3, 0.4) is 0 Å². The van der Waals surface area contributed by atoms with Crippen molar-refractivity contribution in [3.05, 3.63) is 29.3 Å². The zero-order chi connectivity index (χ0) is 13.1. The minimum Gasteiger partial charge on any atom is -0.496 e. The normalized spacial score (nSPS) is 13.9. The molecular weight excluding hydrogens is 234 g/mol. The van der Waals surface area contributed by atoms with Gasteiger partial charge in [-0.05, 0) is 39.3 Å². The van der Waals surface area contributed by atoms with E-state index in [1.807, 2.05) is 45.9 Å². The maximum atomic E-state index is 11.8. The molecule has 4 heteroatoms. The van der Waals surface area contributed by atoms with E-state index in [9.17, 15) is 4.21 Å². The second kappa shape index (κ2) is 5.45. The standard InChI is InChI=1S/C13H19NO2S/c1-10-7-6-8-11(12(10)16-5)9-14-17(15)13(2,3)4/h6-9H,1-5H3/t17-/m1/s1. The molecule has 1 aromatic rings. The first kappa shape index (κ1) is 13.9. The molecule has 94 valence electrons. The Morgan fingerprint density at radius 3 is 2.53 bits per heavy atom. The van der Waals surface area contributed by atoms with E-state index in [1.165, 1.54) is 0 Å². The van der Waals surface area contributed by atoms with Crippen molar-refractivity contribution < 1.29 is 8.95 Å². The van der Waals surface area contributed by atoms with E-state index in [4.69, 9.17) is 4.74 Å². The van der Waals surface area contributed by atoms with E-state index in [0.717, 1.165) is 16.9 Å². The number of aryl methyl sites for hydroxylation is 1. The molecule has 1 atom stereocenters. The van der Waals surface area contributed by atoms with Crippen molar-refractivity contribution in [2.24, 2.45) is 4.40 Å². The maximum absolute atomic E-state index is 11.8. The van der Waals surface area contributed by atoms with Crippen molar-refractivity contribution >= 4 is 17.2 Å². The number of ether oxygens (including phenoxy) is 1. The van der Waals surface area contributed by atoms with E-state index in [1.54, 1.807) is 13.3 Å². The van der Waals surface area contributed by atoms with Crippen molar-refractivity contribution in [2.75, 3.05) is 7.11 Å². The van der Waals surface area contributed by atoms with E-state index < -0.39 is 11.0 Å². The van der Waals surface area contributed by atoms with Gasteiger partial charge in [-0.1, -0.05) is 12.1 Å². The summed E-state index contributed by atoms with van der Waals surface area (Å²) in [6.07, 6.45) is 1.62. The monoisotopic (exact) mass is 253 g/mol. The quantitative estimate of drug-likeness (QED) is 0.777. The fraction of sp³-hybridized carbons (Fsp3) is 0.462. The van der Waals surface area contributed by atoms with Gasteiger partial charge < -0.3 is 4.74 Å². The molecule has 1 rings (SSSR count). The van der Waals surface area contributed by atoms with Crippen molar-refractivity contribution in [1.82, 2.24) is 0 Å². The van der Waals surface area contributed by atoms with Gasteiger partial charge in [0.2, 0.25) is 0 Å². The molecule has 0 amide bonds. The Labute approximate surface area is 106 Å². The van der Waals surface area contributed by atoms with Gasteiger partial charge in [0.05, 0.1) is 11.9 Å². The third-order valence-corrected chi connectivity index (χ3v) is 3.60. The number of rotatable bonds is 3. The fourth-order valence-corrected chi connectivity index (χ4v) is 1.84. The van der Waals surface area contributed by atoms with Gasteiger partial charge in [-0.3, -0.25) is 0 Å². The van der Waals surface area contributed by atoms with E-state index in [0.29, 0.717) is 0 Å². The Hall–Kier alpha value is -1.16. The molecule has 0 unspecified atom stereocenters. The van der Waals surface area contributed by atoms with E-state index in [2.05, 4.69) is 4.40 Å². The summed E-state index contributed by atoms with van der Waals surface area (Å²) in [5.41, 5.74) is 1.89. The number of hydrogen-bond acceptors (Lipinski definition) is 2. The van der Waals surface area contributed by atoms with Crippen molar-refractivity contribution in [3.63, 3.8) is 0 Å². The number of para-hydroxylation sites is 1. The molecule has 0 saturated carbocycles. The maximum Gasteiger partial charge on any atom is 0.144 e. The van der Waals surface area contributed by atoms with Crippen LogP contribution < -0.4 is 4.74 Å². The zero-order valence-electron chi connectivity index (χ0n) is 11.0.